The molecule has 2 aromatic carbocycles. The number of carbonyl (C=O) groups excluding carboxylic acids is 1. The van der Waals surface area contributed by atoms with Crippen molar-refractivity contribution in [1.29, 1.82) is 0 Å². The van der Waals surface area contributed by atoms with Gasteiger partial charge in [0.1, 0.15) is 5.60 Å². The first-order valence-corrected chi connectivity index (χ1v) is 15.7. The smallest absolute Gasteiger partial charge is 0.410 e. The van der Waals surface area contributed by atoms with E-state index in [9.17, 15) is 4.79 Å². The van der Waals surface area contributed by atoms with Crippen LogP contribution >= 0.6 is 0 Å². The Hall–Kier alpha value is -2.11. The summed E-state index contributed by atoms with van der Waals surface area (Å²) in [7, 11) is -2.66. The Morgan fingerprint density at radius 2 is 1.39 bits per heavy atom. The Labute approximate surface area is 219 Å². The number of carbonyl (C=O) groups is 1. The van der Waals surface area contributed by atoms with Gasteiger partial charge in [0.25, 0.3) is 8.32 Å². The molecule has 0 aromatic heterocycles. The number of hydrogen-bond acceptors (Lipinski definition) is 3. The van der Waals surface area contributed by atoms with E-state index in [4.69, 9.17) is 9.16 Å². The van der Waals surface area contributed by atoms with Crippen LogP contribution in [0.1, 0.15) is 73.6 Å². The van der Waals surface area contributed by atoms with Gasteiger partial charge in [-0.15, -0.1) is 0 Å². The zero-order chi connectivity index (χ0) is 26.0. The highest BCUT2D eigenvalue weighted by atomic mass is 28.4. The van der Waals surface area contributed by atoms with Gasteiger partial charge in [-0.1, -0.05) is 107 Å². The van der Waals surface area contributed by atoms with Gasteiger partial charge in [-0.25, -0.2) is 4.79 Å². The minimum atomic E-state index is -2.66. The van der Waals surface area contributed by atoms with E-state index in [1.54, 1.807) is 0 Å². The second-order valence-corrected chi connectivity index (χ2v) is 17.1. The molecule has 1 amide bonds. The molecule has 1 unspecified atom stereocenters. The highest BCUT2D eigenvalue weighted by molar-refractivity contribution is 6.99. The topological polar surface area (TPSA) is 38.8 Å². The van der Waals surface area contributed by atoms with Crippen molar-refractivity contribution in [3.63, 3.8) is 0 Å². The molecule has 0 radical (unpaired) electrons. The molecule has 2 atom stereocenters. The van der Waals surface area contributed by atoms with Crippen LogP contribution in [0, 0.1) is 11.8 Å². The summed E-state index contributed by atoms with van der Waals surface area (Å²) >= 11 is 0. The molecule has 1 aliphatic heterocycles. The quantitative estimate of drug-likeness (QED) is 0.426. The summed E-state index contributed by atoms with van der Waals surface area (Å²) in [5.74, 6) is 1.25. The van der Waals surface area contributed by atoms with Crippen molar-refractivity contribution >= 4 is 24.8 Å². The van der Waals surface area contributed by atoms with Gasteiger partial charge in [-0.2, -0.15) is 0 Å². The van der Waals surface area contributed by atoms with Crippen LogP contribution in [0.15, 0.2) is 60.7 Å². The largest absolute Gasteiger partial charge is 0.444 e. The van der Waals surface area contributed by atoms with E-state index < -0.39 is 13.9 Å². The lowest BCUT2D eigenvalue weighted by Gasteiger charge is -2.44. The predicted octanol–water partition coefficient (Wildman–Crippen LogP) is 6.38. The molecule has 4 nitrogen and oxygen atoms in total. The molecule has 36 heavy (non-hydrogen) atoms. The SMILES string of the molecule is CC(C)(C)OC(=O)N1CC(C2CCCC2)C[C@H]1CO[Si](c1ccccc1)(c1ccccc1)C(C)(C)C. The molecule has 1 aliphatic carbocycles. The summed E-state index contributed by atoms with van der Waals surface area (Å²) < 4.78 is 13.1. The molecule has 196 valence electrons. The molecule has 1 saturated heterocycles. The number of amides is 1. The minimum absolute atomic E-state index is 0.0344. The first-order chi connectivity index (χ1) is 17.0. The van der Waals surface area contributed by atoms with Crippen LogP contribution in [-0.2, 0) is 9.16 Å². The molecular formula is C31H45NO3Si. The van der Waals surface area contributed by atoms with Crippen LogP contribution in [0.3, 0.4) is 0 Å². The zero-order valence-electron chi connectivity index (χ0n) is 23.1. The summed E-state index contributed by atoms with van der Waals surface area (Å²) in [5.41, 5.74) is -0.508. The average molecular weight is 508 g/mol. The highest BCUT2D eigenvalue weighted by Crippen LogP contribution is 2.41. The van der Waals surface area contributed by atoms with Crippen LogP contribution in [0.4, 0.5) is 4.79 Å². The van der Waals surface area contributed by atoms with Crippen LogP contribution in [-0.4, -0.2) is 44.1 Å². The van der Waals surface area contributed by atoms with Crippen molar-refractivity contribution < 1.29 is 14.0 Å². The Bertz CT molecular complexity index is 950. The van der Waals surface area contributed by atoms with Crippen molar-refractivity contribution in [3.8, 4) is 0 Å². The second kappa shape index (κ2) is 10.7. The fourth-order valence-electron chi connectivity index (χ4n) is 6.41. The van der Waals surface area contributed by atoms with E-state index in [0.717, 1.165) is 13.0 Å². The Morgan fingerprint density at radius 1 is 0.861 bits per heavy atom. The third-order valence-electron chi connectivity index (χ3n) is 8.05. The van der Waals surface area contributed by atoms with Gasteiger partial charge < -0.3 is 14.1 Å². The molecule has 1 heterocycles. The van der Waals surface area contributed by atoms with Gasteiger partial charge in [0, 0.05) is 6.54 Å². The van der Waals surface area contributed by atoms with Gasteiger partial charge >= 0.3 is 6.09 Å². The standard InChI is InChI=1S/C31H45NO3Si/c1-30(2,3)35-29(33)32-22-25(24-15-13-14-16-24)21-26(32)23-34-36(31(4,5)6,27-17-9-7-10-18-27)28-19-11-8-12-20-28/h7-12,17-20,24-26H,13-16,21-23H2,1-6H3/t25?,26-/m0/s1. The molecule has 2 fully saturated rings. The van der Waals surface area contributed by atoms with Gasteiger partial charge in [0.15, 0.2) is 0 Å². The molecule has 5 heteroatoms. The third-order valence-corrected chi connectivity index (χ3v) is 13.1. The highest BCUT2D eigenvalue weighted by Gasteiger charge is 2.51. The van der Waals surface area contributed by atoms with E-state index >= 15 is 0 Å². The molecular weight excluding hydrogens is 462 g/mol. The van der Waals surface area contributed by atoms with Gasteiger partial charge in [-0.05, 0) is 54.4 Å². The molecule has 0 N–H and O–H groups in total. The summed E-state index contributed by atoms with van der Waals surface area (Å²) in [6, 6.07) is 21.6. The fraction of sp³-hybridized carbons (Fsp3) is 0.581. The number of nitrogens with zero attached hydrogens (tertiary/aromatic N) is 1. The lowest BCUT2D eigenvalue weighted by Crippen LogP contribution is -2.67. The number of hydrogen-bond donors (Lipinski definition) is 0. The average Bonchev–Trinajstić information content (AvgIpc) is 3.49. The van der Waals surface area contributed by atoms with Crippen molar-refractivity contribution in [2.45, 2.75) is 90.3 Å². The summed E-state index contributed by atoms with van der Waals surface area (Å²) in [6.45, 7) is 14.1. The number of ether oxygens (including phenoxy) is 1. The normalized spacial score (nSPS) is 21.7. The first-order valence-electron chi connectivity index (χ1n) is 13.8. The Balaban J connectivity index is 1.67. The van der Waals surface area contributed by atoms with Crippen molar-refractivity contribution in [2.75, 3.05) is 13.2 Å². The molecule has 2 aromatic rings. The van der Waals surface area contributed by atoms with E-state index in [0.29, 0.717) is 18.4 Å². The molecule has 4 rings (SSSR count). The molecule has 0 spiro atoms. The summed E-state index contributed by atoms with van der Waals surface area (Å²) in [5, 5.41) is 2.46. The number of rotatable bonds is 6. The monoisotopic (exact) mass is 507 g/mol. The van der Waals surface area contributed by atoms with E-state index in [-0.39, 0.29) is 17.2 Å². The number of likely N-dealkylation sites (tertiary alicyclic amines) is 1. The van der Waals surface area contributed by atoms with Crippen molar-refractivity contribution in [1.82, 2.24) is 4.90 Å². The van der Waals surface area contributed by atoms with E-state index in [1.807, 2.05) is 25.7 Å². The van der Waals surface area contributed by atoms with Gasteiger partial charge in [0.05, 0.1) is 12.6 Å². The maximum Gasteiger partial charge on any atom is 0.410 e. The Morgan fingerprint density at radius 3 is 1.86 bits per heavy atom. The summed E-state index contributed by atoms with van der Waals surface area (Å²) in [4.78, 5) is 15.3. The molecule has 0 bridgehead atoms. The van der Waals surface area contributed by atoms with E-state index in [1.165, 1.54) is 36.1 Å². The number of benzene rings is 2. The third kappa shape index (κ3) is 5.73. The van der Waals surface area contributed by atoms with Crippen LogP contribution in [0.2, 0.25) is 5.04 Å². The maximum absolute atomic E-state index is 13.4. The zero-order valence-corrected chi connectivity index (χ0v) is 24.1. The Kier molecular flexibility index (Phi) is 8.01. The second-order valence-electron chi connectivity index (χ2n) is 12.8. The van der Waals surface area contributed by atoms with Crippen LogP contribution in [0.25, 0.3) is 0 Å². The summed E-state index contributed by atoms with van der Waals surface area (Å²) in [6.07, 6.45) is 6.01. The first kappa shape index (κ1) is 26.9. The van der Waals surface area contributed by atoms with E-state index in [2.05, 4.69) is 81.4 Å². The molecule has 1 saturated carbocycles. The lowest BCUT2D eigenvalue weighted by molar-refractivity contribution is 0.0177. The van der Waals surface area contributed by atoms with Gasteiger partial charge in [-0.3, -0.25) is 0 Å². The lowest BCUT2D eigenvalue weighted by atomic mass is 9.89. The predicted molar refractivity (Wildman–Crippen MR) is 150 cm³/mol. The van der Waals surface area contributed by atoms with Crippen LogP contribution < -0.4 is 10.4 Å². The fourth-order valence-corrected chi connectivity index (χ4v) is 11.0. The van der Waals surface area contributed by atoms with Crippen molar-refractivity contribution in [2.24, 2.45) is 11.8 Å². The maximum atomic E-state index is 13.4. The minimum Gasteiger partial charge on any atom is -0.444 e. The van der Waals surface area contributed by atoms with Gasteiger partial charge in [0.2, 0.25) is 0 Å². The van der Waals surface area contributed by atoms with Crippen molar-refractivity contribution in [3.05, 3.63) is 60.7 Å². The molecule has 2 aliphatic rings. The van der Waals surface area contributed by atoms with Crippen LogP contribution in [0.5, 0.6) is 0 Å².